The number of hydrogen-bond donors (Lipinski definition) is 1. The summed E-state index contributed by atoms with van der Waals surface area (Å²) in [5.41, 5.74) is 2.37. The van der Waals surface area contributed by atoms with E-state index in [-0.39, 0.29) is 17.4 Å². The lowest BCUT2D eigenvalue weighted by Crippen LogP contribution is -2.33. The van der Waals surface area contributed by atoms with Crippen molar-refractivity contribution in [3.63, 3.8) is 0 Å². The first kappa shape index (κ1) is 15.9. The summed E-state index contributed by atoms with van der Waals surface area (Å²) in [6, 6.07) is 11.7. The van der Waals surface area contributed by atoms with E-state index in [2.05, 4.69) is 0 Å². The molecule has 2 aliphatic heterocycles. The van der Waals surface area contributed by atoms with Crippen molar-refractivity contribution in [1.29, 1.82) is 0 Å². The number of carbonyl (C=O) groups is 3. The van der Waals surface area contributed by atoms with Crippen molar-refractivity contribution in [1.82, 2.24) is 0 Å². The van der Waals surface area contributed by atoms with Gasteiger partial charge in [-0.3, -0.25) is 9.59 Å². The van der Waals surface area contributed by atoms with Crippen molar-refractivity contribution in [2.75, 3.05) is 16.5 Å². The van der Waals surface area contributed by atoms with Gasteiger partial charge < -0.3 is 14.7 Å². The van der Waals surface area contributed by atoms with Crippen LogP contribution < -0.4 is 14.5 Å². The molecule has 130 valence electrons. The van der Waals surface area contributed by atoms with E-state index in [1.54, 1.807) is 30.3 Å². The van der Waals surface area contributed by atoms with Gasteiger partial charge in [-0.25, -0.2) is 9.69 Å². The Bertz CT molecular complexity index is 931. The van der Waals surface area contributed by atoms with E-state index in [4.69, 9.17) is 9.84 Å². The van der Waals surface area contributed by atoms with Gasteiger partial charge in [-0.2, -0.15) is 0 Å². The normalized spacial score (nSPS) is 15.8. The first-order valence-corrected chi connectivity index (χ1v) is 7.93. The summed E-state index contributed by atoms with van der Waals surface area (Å²) in [4.78, 5) is 37.7. The Hall–Kier alpha value is -3.61. The standard InChI is InChI=1S/C19H14N2O5/c22-17-7-8-18(23)21(17)15-5-6-16-13(9-15)10-20(11-26-16)14-3-1-12(2-4-14)19(24)25/h1-9H,10-11H2,(H,24,25). The van der Waals surface area contributed by atoms with Gasteiger partial charge in [0.05, 0.1) is 11.3 Å². The van der Waals surface area contributed by atoms with Crippen LogP contribution in [0.1, 0.15) is 15.9 Å². The lowest BCUT2D eigenvalue weighted by atomic mass is 10.1. The molecule has 26 heavy (non-hydrogen) atoms. The van der Waals surface area contributed by atoms with Crippen LogP contribution in [0.3, 0.4) is 0 Å². The minimum Gasteiger partial charge on any atom is -0.478 e. The van der Waals surface area contributed by atoms with Crippen molar-refractivity contribution < 1.29 is 24.2 Å². The predicted octanol–water partition coefficient (Wildman–Crippen LogP) is 2.17. The highest BCUT2D eigenvalue weighted by molar-refractivity contribution is 6.28. The summed E-state index contributed by atoms with van der Waals surface area (Å²) in [7, 11) is 0. The molecule has 0 fully saturated rings. The van der Waals surface area contributed by atoms with Crippen LogP contribution >= 0.6 is 0 Å². The molecule has 0 saturated heterocycles. The van der Waals surface area contributed by atoms with Crippen molar-refractivity contribution in [3.05, 3.63) is 65.7 Å². The summed E-state index contributed by atoms with van der Waals surface area (Å²) in [5.74, 6) is -1.02. The van der Waals surface area contributed by atoms with Crippen LogP contribution in [0.4, 0.5) is 11.4 Å². The maximum Gasteiger partial charge on any atom is 0.335 e. The van der Waals surface area contributed by atoms with Crippen molar-refractivity contribution in [2.45, 2.75) is 6.54 Å². The molecule has 0 spiro atoms. The zero-order valence-corrected chi connectivity index (χ0v) is 13.6. The third kappa shape index (κ3) is 2.69. The zero-order valence-electron chi connectivity index (χ0n) is 13.6. The molecular weight excluding hydrogens is 336 g/mol. The summed E-state index contributed by atoms with van der Waals surface area (Å²) in [5, 5.41) is 8.99. The molecule has 0 aliphatic carbocycles. The first-order chi connectivity index (χ1) is 12.5. The summed E-state index contributed by atoms with van der Waals surface area (Å²) < 4.78 is 5.75. The Morgan fingerprint density at radius 2 is 1.62 bits per heavy atom. The molecular formula is C19H14N2O5. The summed E-state index contributed by atoms with van der Waals surface area (Å²) in [6.45, 7) is 0.834. The molecule has 0 bridgehead atoms. The summed E-state index contributed by atoms with van der Waals surface area (Å²) >= 11 is 0. The minimum absolute atomic E-state index is 0.216. The molecule has 1 N–H and O–H groups in total. The Balaban J connectivity index is 1.59. The SMILES string of the molecule is O=C(O)c1ccc(N2COc3ccc(N4C(=O)C=CC4=O)cc3C2)cc1. The van der Waals surface area contributed by atoms with Gasteiger partial charge in [0.15, 0.2) is 6.73 Å². The van der Waals surface area contributed by atoms with E-state index in [1.165, 1.54) is 24.3 Å². The molecule has 4 rings (SSSR count). The summed E-state index contributed by atoms with van der Waals surface area (Å²) in [6.07, 6.45) is 2.49. The molecule has 2 aromatic carbocycles. The maximum absolute atomic E-state index is 11.9. The highest BCUT2D eigenvalue weighted by atomic mass is 16.5. The molecule has 0 saturated carbocycles. The number of rotatable bonds is 3. The number of fused-ring (bicyclic) bond motifs is 1. The molecule has 0 aromatic heterocycles. The second-order valence-corrected chi connectivity index (χ2v) is 5.96. The average Bonchev–Trinajstić information content (AvgIpc) is 2.99. The van der Waals surface area contributed by atoms with E-state index in [9.17, 15) is 14.4 Å². The largest absolute Gasteiger partial charge is 0.478 e. The quantitative estimate of drug-likeness (QED) is 0.854. The van der Waals surface area contributed by atoms with E-state index in [0.717, 1.165) is 16.2 Å². The number of imide groups is 1. The van der Waals surface area contributed by atoms with E-state index in [1.807, 2.05) is 4.90 Å². The fraction of sp³-hybridized carbons (Fsp3) is 0.105. The third-order valence-corrected chi connectivity index (χ3v) is 4.33. The highest BCUT2D eigenvalue weighted by Gasteiger charge is 2.27. The average molecular weight is 350 g/mol. The van der Waals surface area contributed by atoms with Crippen molar-refractivity contribution >= 4 is 29.2 Å². The lowest BCUT2D eigenvalue weighted by molar-refractivity contribution is -0.119. The number of carboxylic acid groups (broad SMARTS) is 1. The van der Waals surface area contributed by atoms with E-state index >= 15 is 0 Å². The molecule has 2 amide bonds. The fourth-order valence-electron chi connectivity index (χ4n) is 3.00. The topological polar surface area (TPSA) is 87.2 Å². The number of anilines is 2. The molecule has 2 heterocycles. The Morgan fingerprint density at radius 1 is 0.962 bits per heavy atom. The van der Waals surface area contributed by atoms with Gasteiger partial charge in [0.1, 0.15) is 5.75 Å². The highest BCUT2D eigenvalue weighted by Crippen LogP contribution is 2.32. The number of benzene rings is 2. The van der Waals surface area contributed by atoms with Crippen molar-refractivity contribution in [2.24, 2.45) is 0 Å². The van der Waals surface area contributed by atoms with Gasteiger partial charge in [0.2, 0.25) is 0 Å². The van der Waals surface area contributed by atoms with Gasteiger partial charge in [-0.1, -0.05) is 0 Å². The molecule has 2 aliphatic rings. The molecule has 0 unspecified atom stereocenters. The van der Waals surface area contributed by atoms with Crippen molar-refractivity contribution in [3.8, 4) is 5.75 Å². The molecule has 0 radical (unpaired) electrons. The molecule has 7 heteroatoms. The monoisotopic (exact) mass is 350 g/mol. The number of carbonyl (C=O) groups excluding carboxylic acids is 2. The van der Waals surface area contributed by atoms with Gasteiger partial charge in [0, 0.05) is 29.9 Å². The molecule has 0 atom stereocenters. The van der Waals surface area contributed by atoms with Crippen LogP contribution in [0.15, 0.2) is 54.6 Å². The molecule has 7 nitrogen and oxygen atoms in total. The number of carboxylic acids is 1. The van der Waals surface area contributed by atoms with E-state index in [0.29, 0.717) is 24.7 Å². The Labute approximate surface area is 148 Å². The number of amides is 2. The van der Waals surface area contributed by atoms with Gasteiger partial charge in [-0.05, 0) is 42.5 Å². The number of nitrogens with zero attached hydrogens (tertiary/aromatic N) is 2. The van der Waals surface area contributed by atoms with Crippen LogP contribution in [-0.4, -0.2) is 29.6 Å². The second-order valence-electron chi connectivity index (χ2n) is 5.96. The van der Waals surface area contributed by atoms with Crippen LogP contribution in [0.2, 0.25) is 0 Å². The van der Waals surface area contributed by atoms with Gasteiger partial charge >= 0.3 is 5.97 Å². The van der Waals surface area contributed by atoms with Crippen LogP contribution in [0.5, 0.6) is 5.75 Å². The molecule has 2 aromatic rings. The zero-order chi connectivity index (χ0) is 18.3. The van der Waals surface area contributed by atoms with Crippen LogP contribution in [0.25, 0.3) is 0 Å². The smallest absolute Gasteiger partial charge is 0.335 e. The number of ether oxygens (including phenoxy) is 1. The van der Waals surface area contributed by atoms with Gasteiger partial charge in [-0.15, -0.1) is 0 Å². The van der Waals surface area contributed by atoms with E-state index < -0.39 is 5.97 Å². The Morgan fingerprint density at radius 3 is 2.27 bits per heavy atom. The Kier molecular flexibility index (Phi) is 3.69. The number of hydrogen-bond acceptors (Lipinski definition) is 5. The predicted molar refractivity (Wildman–Crippen MR) is 93.2 cm³/mol. The third-order valence-electron chi connectivity index (χ3n) is 4.33. The minimum atomic E-state index is -0.977. The van der Waals surface area contributed by atoms with Gasteiger partial charge in [0.25, 0.3) is 11.8 Å². The van der Waals surface area contributed by atoms with Crippen LogP contribution in [-0.2, 0) is 16.1 Å². The second kappa shape index (κ2) is 6.03. The first-order valence-electron chi connectivity index (χ1n) is 7.93. The number of aromatic carboxylic acids is 1. The maximum atomic E-state index is 11.9. The lowest BCUT2D eigenvalue weighted by Gasteiger charge is -2.31. The van der Waals surface area contributed by atoms with Crippen LogP contribution in [0, 0.1) is 0 Å². The fourth-order valence-corrected chi connectivity index (χ4v) is 3.00.